The van der Waals surface area contributed by atoms with Crippen molar-refractivity contribution in [3.63, 3.8) is 0 Å². The highest BCUT2D eigenvalue weighted by atomic mass is 35.5. The number of benzene rings is 1. The highest BCUT2D eigenvalue weighted by Crippen LogP contribution is 2.25. The number of primary amides is 1. The van der Waals surface area contributed by atoms with Crippen molar-refractivity contribution in [2.24, 2.45) is 11.7 Å². The number of amides is 1. The van der Waals surface area contributed by atoms with E-state index in [2.05, 4.69) is 12.1 Å². The van der Waals surface area contributed by atoms with E-state index in [1.165, 1.54) is 11.1 Å². The van der Waals surface area contributed by atoms with Crippen LogP contribution in [-0.2, 0) is 17.6 Å². The normalized spacial score (nSPS) is 14.8. The topological polar surface area (TPSA) is 43.1 Å². The molecule has 0 spiro atoms. The average Bonchev–Trinajstić information content (AvgIpc) is 2.46. The van der Waals surface area contributed by atoms with Crippen molar-refractivity contribution in [2.45, 2.75) is 12.8 Å². The first-order chi connectivity index (χ1) is 5.77. The van der Waals surface area contributed by atoms with Crippen molar-refractivity contribution in [1.82, 2.24) is 0 Å². The number of hydrogen-bond acceptors (Lipinski definition) is 1. The predicted molar refractivity (Wildman–Crippen MR) is 53.8 cm³/mol. The molecule has 2 N–H and O–H groups in total. The van der Waals surface area contributed by atoms with E-state index in [9.17, 15) is 4.79 Å². The minimum Gasteiger partial charge on any atom is -0.369 e. The molecule has 3 heteroatoms. The summed E-state index contributed by atoms with van der Waals surface area (Å²) in [4.78, 5) is 10.9. The molecule has 70 valence electrons. The molecule has 0 saturated heterocycles. The van der Waals surface area contributed by atoms with E-state index in [0.29, 0.717) is 0 Å². The summed E-state index contributed by atoms with van der Waals surface area (Å²) in [5, 5.41) is 0. The maximum Gasteiger partial charge on any atom is 0.221 e. The molecule has 0 heterocycles. The summed E-state index contributed by atoms with van der Waals surface area (Å²) in [5.74, 6) is -0.145. The monoisotopic (exact) mass is 197 g/mol. The minimum absolute atomic E-state index is 0. The third kappa shape index (κ3) is 1.83. The van der Waals surface area contributed by atoms with Gasteiger partial charge >= 0.3 is 0 Å². The first kappa shape index (κ1) is 10.1. The number of nitrogens with two attached hydrogens (primary N) is 1. The van der Waals surface area contributed by atoms with E-state index in [4.69, 9.17) is 5.73 Å². The summed E-state index contributed by atoms with van der Waals surface area (Å²) in [7, 11) is 0. The Morgan fingerprint density at radius 1 is 1.23 bits per heavy atom. The van der Waals surface area contributed by atoms with Crippen LogP contribution in [0.2, 0.25) is 0 Å². The van der Waals surface area contributed by atoms with Gasteiger partial charge in [0.05, 0.1) is 0 Å². The summed E-state index contributed by atoms with van der Waals surface area (Å²) in [6.07, 6.45) is 1.65. The summed E-state index contributed by atoms with van der Waals surface area (Å²) < 4.78 is 0. The first-order valence-corrected chi connectivity index (χ1v) is 4.13. The maximum atomic E-state index is 10.9. The Bertz CT molecular complexity index is 299. The molecule has 0 fully saturated rings. The lowest BCUT2D eigenvalue weighted by atomic mass is 10.1. The number of rotatable bonds is 1. The molecule has 1 aromatic carbocycles. The van der Waals surface area contributed by atoms with E-state index in [0.717, 1.165) is 12.8 Å². The smallest absolute Gasteiger partial charge is 0.221 e. The van der Waals surface area contributed by atoms with Gasteiger partial charge in [0.1, 0.15) is 0 Å². The molecule has 1 aliphatic rings. The molecule has 0 aliphatic heterocycles. The van der Waals surface area contributed by atoms with E-state index < -0.39 is 0 Å². The third-order valence-electron chi connectivity index (χ3n) is 2.45. The quantitative estimate of drug-likeness (QED) is 0.725. The van der Waals surface area contributed by atoms with Crippen LogP contribution >= 0.6 is 12.4 Å². The molecule has 1 aliphatic carbocycles. The minimum atomic E-state index is -0.175. The van der Waals surface area contributed by atoms with Gasteiger partial charge in [0.15, 0.2) is 0 Å². The fourth-order valence-electron chi connectivity index (χ4n) is 1.76. The van der Waals surface area contributed by atoms with Crippen LogP contribution in [0.5, 0.6) is 0 Å². The second-order valence-electron chi connectivity index (χ2n) is 3.28. The largest absolute Gasteiger partial charge is 0.369 e. The Hall–Kier alpha value is -1.02. The first-order valence-electron chi connectivity index (χ1n) is 4.13. The van der Waals surface area contributed by atoms with Gasteiger partial charge in [-0.2, -0.15) is 0 Å². The standard InChI is InChI=1S/C10H11NO.ClH/c11-10(12)9-5-7-3-1-2-4-8(7)6-9;/h1-4,9H,5-6H2,(H2,11,12);1H. The van der Waals surface area contributed by atoms with Crippen molar-refractivity contribution in [1.29, 1.82) is 0 Å². The molecule has 1 aromatic rings. The van der Waals surface area contributed by atoms with Crippen LogP contribution < -0.4 is 5.73 Å². The van der Waals surface area contributed by atoms with E-state index >= 15 is 0 Å². The zero-order chi connectivity index (χ0) is 8.55. The lowest BCUT2D eigenvalue weighted by Gasteiger charge is -2.00. The van der Waals surface area contributed by atoms with Crippen molar-refractivity contribution in [3.8, 4) is 0 Å². The van der Waals surface area contributed by atoms with Crippen LogP contribution in [0.25, 0.3) is 0 Å². The predicted octanol–water partition coefficient (Wildman–Crippen LogP) is 1.31. The molecule has 0 radical (unpaired) electrons. The molecule has 0 aromatic heterocycles. The molecule has 1 amide bonds. The summed E-state index contributed by atoms with van der Waals surface area (Å²) in [6, 6.07) is 8.14. The molecule has 2 nitrogen and oxygen atoms in total. The van der Waals surface area contributed by atoms with Gasteiger partial charge in [-0.05, 0) is 24.0 Å². The van der Waals surface area contributed by atoms with Crippen molar-refractivity contribution in [2.75, 3.05) is 0 Å². The fourth-order valence-corrected chi connectivity index (χ4v) is 1.76. The van der Waals surface area contributed by atoms with Gasteiger partial charge in [-0.3, -0.25) is 4.79 Å². The number of fused-ring (bicyclic) bond motifs is 1. The number of carbonyl (C=O) groups is 1. The molecular formula is C10H12ClNO. The van der Waals surface area contributed by atoms with Gasteiger partial charge in [0.25, 0.3) is 0 Å². The number of halogens is 1. The van der Waals surface area contributed by atoms with Crippen LogP contribution in [0.3, 0.4) is 0 Å². The number of carbonyl (C=O) groups excluding carboxylic acids is 1. The third-order valence-corrected chi connectivity index (χ3v) is 2.45. The summed E-state index contributed by atoms with van der Waals surface area (Å²) >= 11 is 0. The SMILES string of the molecule is Cl.NC(=O)C1Cc2ccccc2C1. The highest BCUT2D eigenvalue weighted by molar-refractivity contribution is 5.85. The van der Waals surface area contributed by atoms with Crippen LogP contribution in [0.1, 0.15) is 11.1 Å². The Balaban J connectivity index is 0.000000845. The summed E-state index contributed by atoms with van der Waals surface area (Å²) in [6.45, 7) is 0. The van der Waals surface area contributed by atoms with Gasteiger partial charge in [-0.15, -0.1) is 12.4 Å². The van der Waals surface area contributed by atoms with Gasteiger partial charge in [-0.1, -0.05) is 24.3 Å². The molecule has 0 bridgehead atoms. The Morgan fingerprint density at radius 3 is 2.08 bits per heavy atom. The maximum absolute atomic E-state index is 10.9. The Kier molecular flexibility index (Phi) is 2.94. The van der Waals surface area contributed by atoms with Gasteiger partial charge < -0.3 is 5.73 Å². The van der Waals surface area contributed by atoms with Gasteiger partial charge in [-0.25, -0.2) is 0 Å². The second kappa shape index (κ2) is 3.79. The van der Waals surface area contributed by atoms with Crippen molar-refractivity contribution >= 4 is 18.3 Å². The molecule has 0 saturated carbocycles. The lowest BCUT2D eigenvalue weighted by Crippen LogP contribution is -2.23. The fraction of sp³-hybridized carbons (Fsp3) is 0.300. The molecule has 2 rings (SSSR count). The van der Waals surface area contributed by atoms with Crippen LogP contribution in [0, 0.1) is 5.92 Å². The molecule has 0 unspecified atom stereocenters. The average molecular weight is 198 g/mol. The van der Waals surface area contributed by atoms with Crippen molar-refractivity contribution in [3.05, 3.63) is 35.4 Å². The molecular weight excluding hydrogens is 186 g/mol. The van der Waals surface area contributed by atoms with Crippen LogP contribution in [0.4, 0.5) is 0 Å². The van der Waals surface area contributed by atoms with E-state index in [1.54, 1.807) is 0 Å². The van der Waals surface area contributed by atoms with E-state index in [1.807, 2.05) is 12.1 Å². The van der Waals surface area contributed by atoms with Gasteiger partial charge in [0, 0.05) is 5.92 Å². The Morgan fingerprint density at radius 2 is 1.69 bits per heavy atom. The Labute approximate surface area is 83.5 Å². The van der Waals surface area contributed by atoms with Crippen LogP contribution in [0.15, 0.2) is 24.3 Å². The van der Waals surface area contributed by atoms with Crippen molar-refractivity contribution < 1.29 is 4.79 Å². The molecule has 0 atom stereocenters. The van der Waals surface area contributed by atoms with Crippen LogP contribution in [-0.4, -0.2) is 5.91 Å². The van der Waals surface area contributed by atoms with Gasteiger partial charge in [0.2, 0.25) is 5.91 Å². The zero-order valence-electron chi connectivity index (χ0n) is 7.19. The summed E-state index contributed by atoms with van der Waals surface area (Å²) in [5.41, 5.74) is 7.80. The highest BCUT2D eigenvalue weighted by Gasteiger charge is 2.24. The van der Waals surface area contributed by atoms with E-state index in [-0.39, 0.29) is 24.2 Å². The second-order valence-corrected chi connectivity index (χ2v) is 3.28. The molecule has 13 heavy (non-hydrogen) atoms. The lowest BCUT2D eigenvalue weighted by molar-refractivity contribution is -0.121. The number of hydrogen-bond donors (Lipinski definition) is 1. The zero-order valence-corrected chi connectivity index (χ0v) is 8.01.